The van der Waals surface area contributed by atoms with Crippen molar-refractivity contribution in [3.05, 3.63) is 50.7 Å². The number of benzene rings is 1. The molecule has 1 amide bonds. The first-order valence-corrected chi connectivity index (χ1v) is 11.9. The van der Waals surface area contributed by atoms with Gasteiger partial charge in [-0.25, -0.2) is 0 Å². The van der Waals surface area contributed by atoms with Crippen LogP contribution in [0.3, 0.4) is 0 Å². The first kappa shape index (κ1) is 21.3. The third-order valence-electron chi connectivity index (χ3n) is 5.08. The zero-order valence-electron chi connectivity index (χ0n) is 16.9. The molecule has 0 saturated carbocycles. The van der Waals surface area contributed by atoms with Gasteiger partial charge in [-0.3, -0.25) is 9.69 Å². The molecule has 4 rings (SSSR count). The molecule has 0 radical (unpaired) electrons. The van der Waals surface area contributed by atoms with E-state index in [1.54, 1.807) is 16.0 Å². The van der Waals surface area contributed by atoms with Gasteiger partial charge in [0.2, 0.25) is 11.1 Å². The molecule has 0 spiro atoms. The second-order valence-electron chi connectivity index (χ2n) is 7.31. The lowest BCUT2D eigenvalue weighted by atomic mass is 10.1. The number of halogens is 1. The molecule has 0 aliphatic carbocycles. The second-order valence-corrected chi connectivity index (χ2v) is 10.1. The van der Waals surface area contributed by atoms with Crippen molar-refractivity contribution in [3.63, 3.8) is 0 Å². The van der Waals surface area contributed by atoms with Crippen LogP contribution < -0.4 is 0 Å². The lowest BCUT2D eigenvalue weighted by Crippen LogP contribution is -2.48. The summed E-state index contributed by atoms with van der Waals surface area (Å²) in [5, 5.41) is 12.7. The number of thioether (sulfide) groups is 1. The number of rotatable bonds is 6. The van der Waals surface area contributed by atoms with E-state index in [-0.39, 0.29) is 5.91 Å². The first-order valence-electron chi connectivity index (χ1n) is 9.73. The summed E-state index contributed by atoms with van der Waals surface area (Å²) >= 11 is 9.01. The number of carbonyl (C=O) groups excluding carboxylic acids is 1. The van der Waals surface area contributed by atoms with Crippen LogP contribution in [-0.2, 0) is 11.3 Å². The molecule has 158 valence electrons. The summed E-state index contributed by atoms with van der Waals surface area (Å²) in [5.41, 5.74) is 3.22. The Kier molecular flexibility index (Phi) is 6.72. The van der Waals surface area contributed by atoms with Crippen molar-refractivity contribution >= 4 is 40.6 Å². The predicted molar refractivity (Wildman–Crippen MR) is 121 cm³/mol. The highest BCUT2D eigenvalue weighted by Gasteiger charge is 2.22. The van der Waals surface area contributed by atoms with Crippen molar-refractivity contribution < 1.29 is 4.79 Å². The number of thiophene rings is 1. The van der Waals surface area contributed by atoms with Gasteiger partial charge >= 0.3 is 0 Å². The van der Waals surface area contributed by atoms with E-state index < -0.39 is 0 Å². The van der Waals surface area contributed by atoms with Gasteiger partial charge in [-0.2, -0.15) is 4.68 Å². The lowest BCUT2D eigenvalue weighted by molar-refractivity contribution is -0.130. The van der Waals surface area contributed by atoms with E-state index in [9.17, 15) is 4.79 Å². The number of aromatic nitrogens is 4. The molecule has 1 aliphatic heterocycles. The molecule has 0 atom stereocenters. The zero-order chi connectivity index (χ0) is 21.1. The van der Waals surface area contributed by atoms with Crippen LogP contribution in [0.4, 0.5) is 0 Å². The molecule has 0 unspecified atom stereocenters. The average molecular weight is 463 g/mol. The van der Waals surface area contributed by atoms with Gasteiger partial charge in [0, 0.05) is 37.6 Å². The molecule has 2 aromatic heterocycles. The third-order valence-corrected chi connectivity index (χ3v) is 7.20. The van der Waals surface area contributed by atoms with Crippen LogP contribution in [0, 0.1) is 13.8 Å². The van der Waals surface area contributed by atoms with Crippen molar-refractivity contribution in [1.29, 1.82) is 0 Å². The minimum absolute atomic E-state index is 0.119. The van der Waals surface area contributed by atoms with Crippen molar-refractivity contribution in [3.8, 4) is 5.69 Å². The van der Waals surface area contributed by atoms with Gasteiger partial charge in [-0.05, 0) is 48.0 Å². The molecule has 1 saturated heterocycles. The largest absolute Gasteiger partial charge is 0.339 e. The van der Waals surface area contributed by atoms with Crippen LogP contribution in [0.15, 0.2) is 35.5 Å². The fourth-order valence-electron chi connectivity index (χ4n) is 3.49. The maximum Gasteiger partial charge on any atom is 0.233 e. The highest BCUT2D eigenvalue weighted by Crippen LogP contribution is 2.24. The van der Waals surface area contributed by atoms with Crippen molar-refractivity contribution in [1.82, 2.24) is 30.0 Å². The van der Waals surface area contributed by atoms with Crippen molar-refractivity contribution in [2.45, 2.75) is 25.5 Å². The van der Waals surface area contributed by atoms with Gasteiger partial charge in [-0.15, -0.1) is 16.4 Å². The monoisotopic (exact) mass is 462 g/mol. The molecule has 1 aromatic carbocycles. The van der Waals surface area contributed by atoms with Gasteiger partial charge in [0.1, 0.15) is 0 Å². The summed E-state index contributed by atoms with van der Waals surface area (Å²) in [7, 11) is 0. The summed E-state index contributed by atoms with van der Waals surface area (Å²) < 4.78 is 2.52. The Morgan fingerprint density at radius 2 is 1.97 bits per heavy atom. The topological polar surface area (TPSA) is 67.2 Å². The fraction of sp³-hybridized carbons (Fsp3) is 0.400. The number of nitrogens with zero attached hydrogens (tertiary/aromatic N) is 6. The number of piperazine rings is 1. The standard InChI is InChI=1S/C20H23ClN6OS2/c1-14-3-5-17(15(2)11-14)27-20(22-23-24-27)29-13-19(28)26-9-7-25(8-10-26)12-16-4-6-18(21)30-16/h3-6,11H,7-10,12-13H2,1-2H3. The summed E-state index contributed by atoms with van der Waals surface area (Å²) in [5.74, 6) is 0.445. The van der Waals surface area contributed by atoms with Crippen LogP contribution in [0.2, 0.25) is 4.34 Å². The Balaban J connectivity index is 1.30. The van der Waals surface area contributed by atoms with E-state index in [1.165, 1.54) is 22.2 Å². The van der Waals surface area contributed by atoms with E-state index in [0.29, 0.717) is 10.9 Å². The zero-order valence-corrected chi connectivity index (χ0v) is 19.3. The molecular weight excluding hydrogens is 440 g/mol. The van der Waals surface area contributed by atoms with Gasteiger partial charge in [0.15, 0.2) is 0 Å². The number of aryl methyl sites for hydroxylation is 2. The first-order chi connectivity index (χ1) is 14.5. The maximum atomic E-state index is 12.7. The quantitative estimate of drug-likeness (QED) is 0.523. The van der Waals surface area contributed by atoms with Gasteiger partial charge in [-0.1, -0.05) is 41.1 Å². The van der Waals surface area contributed by atoms with E-state index in [2.05, 4.69) is 39.5 Å². The smallest absolute Gasteiger partial charge is 0.233 e. The maximum absolute atomic E-state index is 12.7. The average Bonchev–Trinajstić information content (AvgIpc) is 3.35. The van der Waals surface area contributed by atoms with E-state index in [1.807, 2.05) is 30.0 Å². The van der Waals surface area contributed by atoms with Crippen LogP contribution in [0.1, 0.15) is 16.0 Å². The minimum atomic E-state index is 0.119. The molecule has 3 aromatic rings. The van der Waals surface area contributed by atoms with Crippen LogP contribution in [-0.4, -0.2) is 67.8 Å². The summed E-state index contributed by atoms with van der Waals surface area (Å²) in [6.45, 7) is 8.19. The molecule has 1 aliphatic rings. The van der Waals surface area contributed by atoms with Crippen molar-refractivity contribution in [2.75, 3.05) is 31.9 Å². The Morgan fingerprint density at radius 1 is 1.17 bits per heavy atom. The third kappa shape index (κ3) is 5.03. The molecular formula is C20H23ClN6OS2. The van der Waals surface area contributed by atoms with Crippen LogP contribution in [0.5, 0.6) is 0 Å². The number of amides is 1. The molecule has 1 fully saturated rings. The summed E-state index contributed by atoms with van der Waals surface area (Å²) in [6.07, 6.45) is 0. The van der Waals surface area contributed by atoms with E-state index >= 15 is 0 Å². The molecule has 30 heavy (non-hydrogen) atoms. The summed E-state index contributed by atoms with van der Waals surface area (Å²) in [4.78, 5) is 18.3. The Labute approximate surface area is 189 Å². The SMILES string of the molecule is Cc1ccc(-n2nnnc2SCC(=O)N2CCN(Cc3ccc(Cl)s3)CC2)c(C)c1. The molecule has 3 heterocycles. The van der Waals surface area contributed by atoms with Gasteiger partial charge in [0.25, 0.3) is 0 Å². The van der Waals surface area contributed by atoms with E-state index in [4.69, 9.17) is 11.6 Å². The van der Waals surface area contributed by atoms with Crippen molar-refractivity contribution in [2.24, 2.45) is 0 Å². The highest BCUT2D eigenvalue weighted by molar-refractivity contribution is 7.99. The Morgan fingerprint density at radius 3 is 2.67 bits per heavy atom. The van der Waals surface area contributed by atoms with Gasteiger partial charge < -0.3 is 4.90 Å². The minimum Gasteiger partial charge on any atom is -0.339 e. The molecule has 7 nitrogen and oxygen atoms in total. The summed E-state index contributed by atoms with van der Waals surface area (Å²) in [6, 6.07) is 10.1. The lowest BCUT2D eigenvalue weighted by Gasteiger charge is -2.34. The molecule has 10 heteroatoms. The normalized spacial score (nSPS) is 15.0. The van der Waals surface area contributed by atoms with Gasteiger partial charge in [0.05, 0.1) is 15.8 Å². The molecule has 0 N–H and O–H groups in total. The van der Waals surface area contributed by atoms with E-state index in [0.717, 1.165) is 48.3 Å². The second kappa shape index (κ2) is 9.47. The van der Waals surface area contributed by atoms with Crippen LogP contribution in [0.25, 0.3) is 5.69 Å². The fourth-order valence-corrected chi connectivity index (χ4v) is 5.41. The Hall–Kier alpha value is -1.94. The number of hydrogen-bond acceptors (Lipinski definition) is 7. The predicted octanol–water partition coefficient (Wildman–Crippen LogP) is 3.43. The number of tetrazole rings is 1. The number of carbonyl (C=O) groups is 1. The molecule has 0 bridgehead atoms. The van der Waals surface area contributed by atoms with Crippen LogP contribution >= 0.6 is 34.7 Å². The highest BCUT2D eigenvalue weighted by atomic mass is 35.5. The Bertz CT molecular complexity index is 1030. The number of hydrogen-bond donors (Lipinski definition) is 0.